The van der Waals surface area contributed by atoms with Gasteiger partial charge in [0.2, 0.25) is 0 Å². The van der Waals surface area contributed by atoms with Gasteiger partial charge in [-0.05, 0) is 48.0 Å². The molecule has 2 N–H and O–H groups in total. The summed E-state index contributed by atoms with van der Waals surface area (Å²) >= 11 is 11.9. The maximum atomic E-state index is 13.6. The molecule has 0 fully saturated rings. The molecule has 3 rings (SSSR count). The summed E-state index contributed by atoms with van der Waals surface area (Å²) in [5.74, 6) is -3.87. The fourth-order valence-electron chi connectivity index (χ4n) is 2.75. The number of anilines is 1. The van der Waals surface area contributed by atoms with Crippen LogP contribution in [0.4, 0.5) is 19.3 Å². The van der Waals surface area contributed by atoms with Gasteiger partial charge in [-0.2, -0.15) is 0 Å². The minimum atomic E-state index is -3.81. The van der Waals surface area contributed by atoms with Crippen LogP contribution in [0.25, 0.3) is 0 Å². The lowest BCUT2D eigenvalue weighted by Gasteiger charge is -2.11. The number of sulfone groups is 1. The van der Waals surface area contributed by atoms with Gasteiger partial charge in [0.1, 0.15) is 17.2 Å². The summed E-state index contributed by atoms with van der Waals surface area (Å²) in [6, 6.07) is 11.6. The maximum absolute atomic E-state index is 13.6. The lowest BCUT2D eigenvalue weighted by atomic mass is 10.2. The Hall–Kier alpha value is -3.01. The van der Waals surface area contributed by atoms with Crippen molar-refractivity contribution in [2.24, 2.45) is 0 Å². The molecule has 6 nitrogen and oxygen atoms in total. The summed E-state index contributed by atoms with van der Waals surface area (Å²) < 4.78 is 52.6. The number of carbonyl (C=O) groups excluding carboxylic acids is 2. The molecule has 166 valence electrons. The summed E-state index contributed by atoms with van der Waals surface area (Å²) in [5.41, 5.74) is -0.352. The molecule has 0 saturated heterocycles. The van der Waals surface area contributed by atoms with Gasteiger partial charge in [-0.15, -0.1) is 0 Å². The smallest absolute Gasteiger partial charge is 0.308 e. The third-order valence-corrected chi connectivity index (χ3v) is 6.63. The van der Waals surface area contributed by atoms with Gasteiger partial charge in [0.15, 0.2) is 9.84 Å². The zero-order valence-corrected chi connectivity index (χ0v) is 18.4. The molecule has 0 aliphatic rings. The second-order valence-electron chi connectivity index (χ2n) is 6.54. The molecule has 0 radical (unpaired) electrons. The minimum Gasteiger partial charge on any atom is -0.308 e. The van der Waals surface area contributed by atoms with E-state index in [9.17, 15) is 26.8 Å². The highest BCUT2D eigenvalue weighted by Gasteiger charge is 2.21. The molecule has 0 heterocycles. The quantitative estimate of drug-likeness (QED) is 0.505. The number of urea groups is 1. The summed E-state index contributed by atoms with van der Waals surface area (Å²) in [7, 11) is -3.81. The van der Waals surface area contributed by atoms with Crippen LogP contribution in [0.2, 0.25) is 10.0 Å². The van der Waals surface area contributed by atoms with Crippen LogP contribution >= 0.6 is 23.2 Å². The average Bonchev–Trinajstić information content (AvgIpc) is 2.69. The normalized spacial score (nSPS) is 11.1. The molecule has 0 atom stereocenters. The highest BCUT2D eigenvalue weighted by Crippen LogP contribution is 2.28. The number of carbonyl (C=O) groups is 2. The summed E-state index contributed by atoms with van der Waals surface area (Å²) in [5, 5.41) is 4.34. The highest BCUT2D eigenvalue weighted by atomic mass is 35.5. The Kier molecular flexibility index (Phi) is 7.12. The second-order valence-corrected chi connectivity index (χ2v) is 9.34. The van der Waals surface area contributed by atoms with E-state index in [1.807, 2.05) is 0 Å². The number of benzene rings is 3. The van der Waals surface area contributed by atoms with Crippen molar-refractivity contribution in [2.75, 3.05) is 5.32 Å². The first-order valence-electron chi connectivity index (χ1n) is 8.90. The maximum Gasteiger partial charge on any atom is 0.326 e. The van der Waals surface area contributed by atoms with E-state index in [0.717, 1.165) is 18.2 Å². The van der Waals surface area contributed by atoms with Crippen molar-refractivity contribution >= 4 is 50.7 Å². The highest BCUT2D eigenvalue weighted by molar-refractivity contribution is 7.90. The van der Waals surface area contributed by atoms with Crippen molar-refractivity contribution in [3.05, 3.63) is 93.5 Å². The minimum absolute atomic E-state index is 0.0553. The van der Waals surface area contributed by atoms with Gasteiger partial charge >= 0.3 is 6.03 Å². The number of amides is 3. The van der Waals surface area contributed by atoms with E-state index >= 15 is 0 Å². The third kappa shape index (κ3) is 5.61. The first-order chi connectivity index (χ1) is 15.1. The lowest BCUT2D eigenvalue weighted by molar-refractivity contribution is 0.0959. The van der Waals surface area contributed by atoms with Crippen LogP contribution in [0.5, 0.6) is 0 Å². The molecule has 0 bridgehead atoms. The van der Waals surface area contributed by atoms with Crippen LogP contribution in [0, 0.1) is 11.6 Å². The summed E-state index contributed by atoms with van der Waals surface area (Å²) in [6.07, 6.45) is 0. The van der Waals surface area contributed by atoms with Gasteiger partial charge in [0.25, 0.3) is 5.91 Å². The number of hydrogen-bond acceptors (Lipinski definition) is 4. The molecule has 0 aromatic heterocycles. The monoisotopic (exact) mass is 498 g/mol. The molecule has 0 aliphatic carbocycles. The molecule has 0 spiro atoms. The van der Waals surface area contributed by atoms with Crippen LogP contribution in [-0.4, -0.2) is 20.4 Å². The van der Waals surface area contributed by atoms with E-state index < -0.39 is 39.0 Å². The summed E-state index contributed by atoms with van der Waals surface area (Å²) in [6.45, 7) is 0. The Balaban J connectivity index is 1.71. The Morgan fingerprint density at radius 1 is 0.906 bits per heavy atom. The van der Waals surface area contributed by atoms with Crippen LogP contribution in [0.3, 0.4) is 0 Å². The van der Waals surface area contributed by atoms with Crippen LogP contribution in [0.15, 0.2) is 65.6 Å². The average molecular weight is 499 g/mol. The van der Waals surface area contributed by atoms with Crippen LogP contribution < -0.4 is 10.6 Å². The number of halogens is 4. The number of rotatable bonds is 5. The topological polar surface area (TPSA) is 92.3 Å². The number of imide groups is 1. The Labute approximate surface area is 192 Å². The SMILES string of the molecule is O=C(NC(=O)c1c(F)cccc1F)Nc1ccc(S(=O)(=O)Cc2ccc(Cl)cc2)c(Cl)c1. The van der Waals surface area contributed by atoms with Crippen molar-refractivity contribution < 1.29 is 26.8 Å². The Morgan fingerprint density at radius 3 is 2.12 bits per heavy atom. The first kappa shape index (κ1) is 23.6. The molecule has 11 heteroatoms. The van der Waals surface area contributed by atoms with E-state index in [-0.39, 0.29) is 21.4 Å². The molecular weight excluding hydrogens is 485 g/mol. The largest absolute Gasteiger partial charge is 0.326 e. The standard InChI is InChI=1S/C21H14Cl2F2N2O4S/c22-13-6-4-12(5-7-13)11-32(30,31)18-9-8-14(10-15(18)23)26-21(29)27-20(28)19-16(24)2-1-3-17(19)25/h1-10H,11H2,(H2,26,27,28,29). The van der Waals surface area contributed by atoms with Gasteiger partial charge < -0.3 is 5.32 Å². The molecule has 3 amide bonds. The molecule has 0 unspecified atom stereocenters. The predicted molar refractivity (Wildman–Crippen MR) is 117 cm³/mol. The van der Waals surface area contributed by atoms with Crippen molar-refractivity contribution in [1.82, 2.24) is 5.32 Å². The van der Waals surface area contributed by atoms with E-state index in [4.69, 9.17) is 23.2 Å². The molecule has 0 saturated carbocycles. The Morgan fingerprint density at radius 2 is 1.53 bits per heavy atom. The second kappa shape index (κ2) is 9.64. The Bertz CT molecular complexity index is 1280. The van der Waals surface area contributed by atoms with Crippen molar-refractivity contribution in [1.29, 1.82) is 0 Å². The predicted octanol–water partition coefficient (Wildman–Crippen LogP) is 5.21. The van der Waals surface area contributed by atoms with Crippen molar-refractivity contribution in [3.63, 3.8) is 0 Å². The van der Waals surface area contributed by atoms with E-state index in [1.165, 1.54) is 18.2 Å². The third-order valence-electron chi connectivity index (χ3n) is 4.21. The fourth-order valence-corrected chi connectivity index (χ4v) is 4.83. The van der Waals surface area contributed by atoms with Crippen LogP contribution in [0.1, 0.15) is 15.9 Å². The van der Waals surface area contributed by atoms with E-state index in [0.29, 0.717) is 10.6 Å². The van der Waals surface area contributed by atoms with Gasteiger partial charge in [0.05, 0.1) is 15.7 Å². The number of nitrogens with one attached hydrogen (secondary N) is 2. The molecule has 3 aromatic carbocycles. The fraction of sp³-hybridized carbons (Fsp3) is 0.0476. The van der Waals surface area contributed by atoms with E-state index in [2.05, 4.69) is 5.32 Å². The van der Waals surface area contributed by atoms with Crippen LogP contribution in [-0.2, 0) is 15.6 Å². The first-order valence-corrected chi connectivity index (χ1v) is 11.3. The van der Waals surface area contributed by atoms with Crippen molar-refractivity contribution in [2.45, 2.75) is 10.6 Å². The molecule has 32 heavy (non-hydrogen) atoms. The van der Waals surface area contributed by atoms with Gasteiger partial charge in [0, 0.05) is 10.7 Å². The lowest BCUT2D eigenvalue weighted by Crippen LogP contribution is -2.35. The van der Waals surface area contributed by atoms with Gasteiger partial charge in [-0.3, -0.25) is 10.1 Å². The van der Waals surface area contributed by atoms with E-state index in [1.54, 1.807) is 29.6 Å². The van der Waals surface area contributed by atoms with Crippen molar-refractivity contribution in [3.8, 4) is 0 Å². The summed E-state index contributed by atoms with van der Waals surface area (Å²) in [4.78, 5) is 23.8. The van der Waals surface area contributed by atoms with Gasteiger partial charge in [-0.1, -0.05) is 41.4 Å². The van der Waals surface area contributed by atoms with Gasteiger partial charge in [-0.25, -0.2) is 22.0 Å². The number of hydrogen-bond donors (Lipinski definition) is 2. The molecule has 3 aromatic rings. The zero-order chi connectivity index (χ0) is 23.5. The molecular formula is C21H14Cl2F2N2O4S. The zero-order valence-electron chi connectivity index (χ0n) is 16.0. The molecule has 0 aliphatic heterocycles.